The van der Waals surface area contributed by atoms with Gasteiger partial charge in [0.25, 0.3) is 0 Å². The topological polar surface area (TPSA) is 54.8 Å². The summed E-state index contributed by atoms with van der Waals surface area (Å²) in [6, 6.07) is 16.9. The summed E-state index contributed by atoms with van der Waals surface area (Å²) in [6.45, 7) is 3.08. The number of carbonyl (C=O) groups is 1. The Bertz CT molecular complexity index is 1050. The van der Waals surface area contributed by atoms with Gasteiger partial charge in [0.1, 0.15) is 12.3 Å². The first-order valence-corrected chi connectivity index (χ1v) is 9.41. The van der Waals surface area contributed by atoms with E-state index in [0.717, 1.165) is 30.0 Å². The molecule has 28 heavy (non-hydrogen) atoms. The van der Waals surface area contributed by atoms with Crippen molar-refractivity contribution in [3.63, 3.8) is 0 Å². The van der Waals surface area contributed by atoms with Crippen LogP contribution in [0, 0.1) is 0 Å². The minimum absolute atomic E-state index is 0.0234. The molecule has 0 radical (unpaired) electrons. The molecular weight excluding hydrogens is 354 g/mol. The van der Waals surface area contributed by atoms with Crippen molar-refractivity contribution < 1.29 is 9.53 Å². The van der Waals surface area contributed by atoms with Gasteiger partial charge in [-0.05, 0) is 24.3 Å². The number of hydrogen-bond donors (Lipinski definition) is 0. The molecule has 1 fully saturated rings. The van der Waals surface area contributed by atoms with Crippen LogP contribution < -0.4 is 15.1 Å². The molecule has 1 aromatic heterocycles. The molecule has 0 bridgehead atoms. The number of aromatic nitrogens is 1. The van der Waals surface area contributed by atoms with E-state index >= 15 is 0 Å². The first-order chi connectivity index (χ1) is 13.7. The van der Waals surface area contributed by atoms with Crippen molar-refractivity contribution in [2.45, 2.75) is 6.54 Å². The van der Waals surface area contributed by atoms with E-state index in [1.54, 1.807) is 19.4 Å². The molecular formula is C22H23N3O3. The minimum Gasteiger partial charge on any atom is -0.495 e. The predicted molar refractivity (Wildman–Crippen MR) is 110 cm³/mol. The molecule has 0 spiro atoms. The number of piperazine rings is 1. The normalized spacial score (nSPS) is 14.3. The molecule has 0 aliphatic carbocycles. The Morgan fingerprint density at radius 1 is 0.964 bits per heavy atom. The second kappa shape index (κ2) is 7.76. The molecule has 144 valence electrons. The highest BCUT2D eigenvalue weighted by Gasteiger charge is 2.23. The van der Waals surface area contributed by atoms with Crippen LogP contribution in [-0.2, 0) is 11.3 Å². The summed E-state index contributed by atoms with van der Waals surface area (Å²) in [7, 11) is 1.67. The highest BCUT2D eigenvalue weighted by atomic mass is 16.5. The van der Waals surface area contributed by atoms with E-state index in [2.05, 4.69) is 4.90 Å². The smallest absolute Gasteiger partial charge is 0.242 e. The Hall–Kier alpha value is -3.28. The summed E-state index contributed by atoms with van der Waals surface area (Å²) in [5.41, 5.74) is 1.82. The molecule has 0 saturated carbocycles. The first-order valence-electron chi connectivity index (χ1n) is 9.41. The SMILES string of the molecule is COc1ccccc1N1CCN(C(=O)Cn2ccc(=O)c3ccccc32)CC1. The fraction of sp³-hybridized carbons (Fsp3) is 0.273. The molecule has 1 aliphatic heterocycles. The van der Waals surface area contributed by atoms with Crippen LogP contribution in [0.2, 0.25) is 0 Å². The zero-order chi connectivity index (χ0) is 19.5. The maximum atomic E-state index is 12.8. The monoisotopic (exact) mass is 377 g/mol. The maximum absolute atomic E-state index is 12.8. The van der Waals surface area contributed by atoms with Crippen LogP contribution in [0.15, 0.2) is 65.6 Å². The molecule has 2 aromatic carbocycles. The third-order valence-corrected chi connectivity index (χ3v) is 5.25. The van der Waals surface area contributed by atoms with E-state index < -0.39 is 0 Å². The van der Waals surface area contributed by atoms with Crippen molar-refractivity contribution in [3.05, 3.63) is 71.0 Å². The van der Waals surface area contributed by atoms with Gasteiger partial charge in [-0.25, -0.2) is 0 Å². The number of pyridine rings is 1. The van der Waals surface area contributed by atoms with E-state index in [9.17, 15) is 9.59 Å². The van der Waals surface area contributed by atoms with Crippen LogP contribution in [0.3, 0.4) is 0 Å². The van der Waals surface area contributed by atoms with E-state index in [1.807, 2.05) is 51.9 Å². The van der Waals surface area contributed by atoms with Gasteiger partial charge < -0.3 is 19.1 Å². The Balaban J connectivity index is 1.45. The summed E-state index contributed by atoms with van der Waals surface area (Å²) in [4.78, 5) is 29.0. The highest BCUT2D eigenvalue weighted by Crippen LogP contribution is 2.28. The van der Waals surface area contributed by atoms with Crippen LogP contribution in [-0.4, -0.2) is 48.7 Å². The Labute approximate surface area is 163 Å². The van der Waals surface area contributed by atoms with Gasteiger partial charge in [-0.15, -0.1) is 0 Å². The van der Waals surface area contributed by atoms with Crippen molar-refractivity contribution in [1.29, 1.82) is 0 Å². The standard InChI is InChI=1S/C22H23N3O3/c1-28-21-9-5-4-8-19(21)23-12-14-24(15-13-23)22(27)16-25-11-10-20(26)17-6-2-3-7-18(17)25/h2-11H,12-16H2,1H3. The minimum atomic E-state index is -0.0234. The van der Waals surface area contributed by atoms with Crippen molar-refractivity contribution in [1.82, 2.24) is 9.47 Å². The van der Waals surface area contributed by atoms with Crippen LogP contribution >= 0.6 is 0 Å². The zero-order valence-electron chi connectivity index (χ0n) is 15.9. The number of anilines is 1. The molecule has 1 aliphatic rings. The fourth-order valence-corrected chi connectivity index (χ4v) is 3.73. The van der Waals surface area contributed by atoms with Gasteiger partial charge in [-0.2, -0.15) is 0 Å². The predicted octanol–water partition coefficient (Wildman–Crippen LogP) is 2.36. The fourth-order valence-electron chi connectivity index (χ4n) is 3.73. The van der Waals surface area contributed by atoms with E-state index in [-0.39, 0.29) is 17.9 Å². The first kappa shape index (κ1) is 18.1. The number of benzene rings is 2. The van der Waals surface area contributed by atoms with Crippen LogP contribution in [0.5, 0.6) is 5.75 Å². The molecule has 0 N–H and O–H groups in total. The maximum Gasteiger partial charge on any atom is 0.242 e. The summed E-state index contributed by atoms with van der Waals surface area (Å²) in [6.07, 6.45) is 1.70. The van der Waals surface area contributed by atoms with Crippen molar-refractivity contribution in [2.75, 3.05) is 38.2 Å². The van der Waals surface area contributed by atoms with Gasteiger partial charge in [-0.3, -0.25) is 9.59 Å². The van der Waals surface area contributed by atoms with Crippen molar-refractivity contribution >= 4 is 22.5 Å². The second-order valence-corrected chi connectivity index (χ2v) is 6.86. The van der Waals surface area contributed by atoms with Gasteiger partial charge in [0.15, 0.2) is 5.43 Å². The van der Waals surface area contributed by atoms with Gasteiger partial charge >= 0.3 is 0 Å². The number of hydrogen-bond acceptors (Lipinski definition) is 4. The zero-order valence-corrected chi connectivity index (χ0v) is 15.9. The second-order valence-electron chi connectivity index (χ2n) is 6.86. The number of ether oxygens (including phenoxy) is 1. The third kappa shape index (κ3) is 3.45. The van der Waals surface area contributed by atoms with Gasteiger partial charge in [0.05, 0.1) is 18.3 Å². The average molecular weight is 377 g/mol. The molecule has 3 aromatic rings. The number of carbonyl (C=O) groups excluding carboxylic acids is 1. The molecule has 0 unspecified atom stereocenters. The lowest BCUT2D eigenvalue weighted by molar-refractivity contribution is -0.132. The van der Waals surface area contributed by atoms with E-state index in [4.69, 9.17) is 4.74 Å². The molecule has 4 rings (SSSR count). The van der Waals surface area contributed by atoms with Crippen molar-refractivity contribution in [3.8, 4) is 5.75 Å². The number of fused-ring (bicyclic) bond motifs is 1. The van der Waals surface area contributed by atoms with Crippen LogP contribution in [0.4, 0.5) is 5.69 Å². The molecule has 1 saturated heterocycles. The number of amides is 1. The number of methoxy groups -OCH3 is 1. The summed E-state index contributed by atoms with van der Waals surface area (Å²) >= 11 is 0. The number of nitrogens with zero attached hydrogens (tertiary/aromatic N) is 3. The molecule has 6 heteroatoms. The van der Waals surface area contributed by atoms with Gasteiger partial charge in [0, 0.05) is 43.8 Å². The van der Waals surface area contributed by atoms with E-state index in [0.29, 0.717) is 18.5 Å². The molecule has 1 amide bonds. The van der Waals surface area contributed by atoms with Crippen LogP contribution in [0.25, 0.3) is 10.9 Å². The summed E-state index contributed by atoms with van der Waals surface area (Å²) in [5, 5.41) is 0.638. The number of para-hydroxylation sites is 3. The quantitative estimate of drug-likeness (QED) is 0.700. The molecule has 0 atom stereocenters. The van der Waals surface area contributed by atoms with Crippen molar-refractivity contribution in [2.24, 2.45) is 0 Å². The highest BCUT2D eigenvalue weighted by molar-refractivity contribution is 5.82. The molecule has 2 heterocycles. The largest absolute Gasteiger partial charge is 0.495 e. The Morgan fingerprint density at radius 3 is 2.46 bits per heavy atom. The Kier molecular flexibility index (Phi) is 5.02. The average Bonchev–Trinajstić information content (AvgIpc) is 2.76. The van der Waals surface area contributed by atoms with Gasteiger partial charge in [-0.1, -0.05) is 24.3 Å². The Morgan fingerprint density at radius 2 is 1.68 bits per heavy atom. The summed E-state index contributed by atoms with van der Waals surface area (Å²) < 4.78 is 7.30. The third-order valence-electron chi connectivity index (χ3n) is 5.25. The lowest BCUT2D eigenvalue weighted by atomic mass is 10.2. The lowest BCUT2D eigenvalue weighted by Crippen LogP contribution is -2.49. The van der Waals surface area contributed by atoms with E-state index in [1.165, 1.54) is 6.07 Å². The number of rotatable bonds is 4. The molecule has 6 nitrogen and oxygen atoms in total. The van der Waals surface area contributed by atoms with Gasteiger partial charge in [0.2, 0.25) is 5.91 Å². The summed E-state index contributed by atoms with van der Waals surface area (Å²) in [5.74, 6) is 0.912. The van der Waals surface area contributed by atoms with Crippen LogP contribution in [0.1, 0.15) is 0 Å². The lowest BCUT2D eigenvalue weighted by Gasteiger charge is -2.36.